The molecule has 320 valence electrons. The standard InChI is InChI=1S/C64H39N5/c1-3-20-46-40(15-1)17-14-26-54(46)63-55-34-31-41-16-2-4-21-47(41)62(55)65-64(66-63)42-18-13-19-43(37-42)69-60-38-44(67-56-27-9-5-22-48(56)49-23-6-10-28-57(49)67)32-35-52(60)53-36-33-45(39-61(53)69)68-58-29-11-7-24-50(58)51-25-8-12-30-59(51)68/h1-39H. The van der Waals surface area contributed by atoms with Crippen molar-refractivity contribution < 1.29 is 0 Å². The van der Waals surface area contributed by atoms with Gasteiger partial charge in [-0.15, -0.1) is 0 Å². The highest BCUT2D eigenvalue weighted by Crippen LogP contribution is 2.41. The molecule has 15 aromatic rings. The predicted octanol–water partition coefficient (Wildman–Crippen LogP) is 16.6. The summed E-state index contributed by atoms with van der Waals surface area (Å²) in [4.78, 5) is 11.0. The molecule has 0 radical (unpaired) electrons. The molecule has 0 aliphatic rings. The minimum atomic E-state index is 0.682. The lowest BCUT2D eigenvalue weighted by atomic mass is 9.97. The second-order valence-corrected chi connectivity index (χ2v) is 18.1. The molecule has 0 atom stereocenters. The zero-order valence-corrected chi connectivity index (χ0v) is 37.3. The van der Waals surface area contributed by atoms with Gasteiger partial charge in [-0.05, 0) is 82.9 Å². The zero-order valence-electron chi connectivity index (χ0n) is 37.3. The lowest BCUT2D eigenvalue weighted by molar-refractivity contribution is 1.14. The van der Waals surface area contributed by atoms with Crippen LogP contribution < -0.4 is 0 Å². The Bertz CT molecular complexity index is 4340. The number of rotatable bonds is 5. The summed E-state index contributed by atoms with van der Waals surface area (Å²) in [5, 5.41) is 12.9. The first-order valence-electron chi connectivity index (χ1n) is 23.6. The number of nitrogens with zero attached hydrogens (tertiary/aromatic N) is 5. The van der Waals surface area contributed by atoms with Gasteiger partial charge in [-0.3, -0.25) is 0 Å². The summed E-state index contributed by atoms with van der Waals surface area (Å²) in [6.07, 6.45) is 0. The highest BCUT2D eigenvalue weighted by atomic mass is 15.0. The van der Waals surface area contributed by atoms with Gasteiger partial charge in [-0.2, -0.15) is 0 Å². The summed E-state index contributed by atoms with van der Waals surface area (Å²) < 4.78 is 7.27. The molecule has 0 aliphatic heterocycles. The summed E-state index contributed by atoms with van der Waals surface area (Å²) in [5.41, 5.74) is 14.1. The van der Waals surface area contributed by atoms with Gasteiger partial charge in [0, 0.05) is 71.3 Å². The fraction of sp³-hybridized carbons (Fsp3) is 0. The number of aromatic nitrogens is 5. The maximum Gasteiger partial charge on any atom is 0.160 e. The van der Waals surface area contributed by atoms with Crippen molar-refractivity contribution in [2.24, 2.45) is 0 Å². The van der Waals surface area contributed by atoms with Crippen molar-refractivity contribution in [1.82, 2.24) is 23.7 Å². The van der Waals surface area contributed by atoms with Crippen LogP contribution in [0.15, 0.2) is 237 Å². The second-order valence-electron chi connectivity index (χ2n) is 18.1. The molecule has 0 aliphatic carbocycles. The Morgan fingerprint density at radius 1 is 0.261 bits per heavy atom. The Labute approximate surface area is 396 Å². The lowest BCUT2D eigenvalue weighted by Gasteiger charge is -2.15. The van der Waals surface area contributed by atoms with Crippen LogP contribution in [0.25, 0.3) is 138 Å². The lowest BCUT2D eigenvalue weighted by Crippen LogP contribution is -2.00. The molecule has 0 fully saturated rings. The first-order chi connectivity index (χ1) is 34.2. The van der Waals surface area contributed by atoms with Crippen LogP contribution in [0.3, 0.4) is 0 Å². The molecular formula is C64H39N5. The van der Waals surface area contributed by atoms with Crippen LogP contribution in [-0.4, -0.2) is 23.7 Å². The van der Waals surface area contributed by atoms with Gasteiger partial charge in [0.05, 0.1) is 44.3 Å². The first kappa shape index (κ1) is 37.9. The summed E-state index contributed by atoms with van der Waals surface area (Å²) in [5.74, 6) is 0.682. The topological polar surface area (TPSA) is 40.6 Å². The van der Waals surface area contributed by atoms with Crippen molar-refractivity contribution in [3.63, 3.8) is 0 Å². The van der Waals surface area contributed by atoms with Crippen molar-refractivity contribution in [3.05, 3.63) is 237 Å². The van der Waals surface area contributed by atoms with Crippen LogP contribution in [0, 0.1) is 0 Å². The number of fused-ring (bicyclic) bond motifs is 13. The summed E-state index contributed by atoms with van der Waals surface area (Å²) in [7, 11) is 0. The fourth-order valence-electron chi connectivity index (χ4n) is 11.4. The molecular weight excluding hydrogens is 839 g/mol. The summed E-state index contributed by atoms with van der Waals surface area (Å²) >= 11 is 0. The number of hydrogen-bond donors (Lipinski definition) is 0. The van der Waals surface area contributed by atoms with Gasteiger partial charge in [-0.1, -0.05) is 170 Å². The third-order valence-electron chi connectivity index (χ3n) is 14.4. The smallest absolute Gasteiger partial charge is 0.160 e. The van der Waals surface area contributed by atoms with Crippen molar-refractivity contribution in [2.45, 2.75) is 0 Å². The fourth-order valence-corrected chi connectivity index (χ4v) is 11.4. The average Bonchev–Trinajstić information content (AvgIpc) is 4.05. The Balaban J connectivity index is 1.01. The van der Waals surface area contributed by atoms with Gasteiger partial charge in [-0.25, -0.2) is 9.97 Å². The van der Waals surface area contributed by atoms with Gasteiger partial charge < -0.3 is 13.7 Å². The van der Waals surface area contributed by atoms with E-state index in [0.717, 1.165) is 72.0 Å². The maximum atomic E-state index is 5.53. The van der Waals surface area contributed by atoms with Crippen LogP contribution in [0.5, 0.6) is 0 Å². The maximum absolute atomic E-state index is 5.53. The number of hydrogen-bond acceptors (Lipinski definition) is 2. The minimum Gasteiger partial charge on any atom is -0.309 e. The van der Waals surface area contributed by atoms with Gasteiger partial charge in [0.1, 0.15) is 0 Å². The Morgan fingerprint density at radius 3 is 1.26 bits per heavy atom. The SMILES string of the molecule is c1cc(-c2nc(-c3cccc4ccccc34)c3ccc4ccccc4c3n2)cc(-n2c3cc(-n4c5ccccc5c5ccccc54)ccc3c3ccc(-n4c5ccccc5c5ccccc54)cc32)c1. The molecule has 0 N–H and O–H groups in total. The molecule has 5 nitrogen and oxygen atoms in total. The third kappa shape index (κ3) is 5.59. The van der Waals surface area contributed by atoms with E-state index < -0.39 is 0 Å². The quantitative estimate of drug-likeness (QED) is 0.162. The Kier molecular flexibility index (Phi) is 8.00. The van der Waals surface area contributed by atoms with E-state index in [1.807, 2.05) is 0 Å². The molecule has 15 rings (SSSR count). The van der Waals surface area contributed by atoms with Crippen molar-refractivity contribution in [3.8, 4) is 39.7 Å². The highest BCUT2D eigenvalue weighted by molar-refractivity contribution is 6.15. The molecule has 5 heteroatoms. The molecule has 0 amide bonds. The number of para-hydroxylation sites is 4. The van der Waals surface area contributed by atoms with Gasteiger partial charge in [0.2, 0.25) is 0 Å². The average molecular weight is 878 g/mol. The Hall–Kier alpha value is -9.32. The zero-order chi connectivity index (χ0) is 45.2. The molecule has 4 aromatic heterocycles. The number of benzene rings is 11. The van der Waals surface area contributed by atoms with Gasteiger partial charge >= 0.3 is 0 Å². The molecule has 0 saturated carbocycles. The molecule has 0 saturated heterocycles. The largest absolute Gasteiger partial charge is 0.309 e. The van der Waals surface area contributed by atoms with E-state index in [2.05, 4.69) is 250 Å². The highest BCUT2D eigenvalue weighted by Gasteiger charge is 2.21. The van der Waals surface area contributed by atoms with Crippen LogP contribution in [-0.2, 0) is 0 Å². The van der Waals surface area contributed by atoms with E-state index in [4.69, 9.17) is 9.97 Å². The molecule has 0 spiro atoms. The van der Waals surface area contributed by atoms with Crippen LogP contribution in [0.4, 0.5) is 0 Å². The predicted molar refractivity (Wildman–Crippen MR) is 288 cm³/mol. The monoisotopic (exact) mass is 877 g/mol. The van der Waals surface area contributed by atoms with Crippen molar-refractivity contribution >= 4 is 97.9 Å². The van der Waals surface area contributed by atoms with Crippen LogP contribution >= 0.6 is 0 Å². The van der Waals surface area contributed by atoms with Gasteiger partial charge in [0.15, 0.2) is 5.82 Å². The first-order valence-corrected chi connectivity index (χ1v) is 23.6. The van der Waals surface area contributed by atoms with E-state index in [-0.39, 0.29) is 0 Å². The normalized spacial score (nSPS) is 12.1. The molecule has 4 heterocycles. The summed E-state index contributed by atoms with van der Waals surface area (Å²) in [6.45, 7) is 0. The molecule has 0 bridgehead atoms. The van der Waals surface area contributed by atoms with Gasteiger partial charge in [0.25, 0.3) is 0 Å². The van der Waals surface area contributed by atoms with Crippen LogP contribution in [0.1, 0.15) is 0 Å². The van der Waals surface area contributed by atoms with Crippen molar-refractivity contribution in [1.29, 1.82) is 0 Å². The third-order valence-corrected chi connectivity index (χ3v) is 14.4. The van der Waals surface area contributed by atoms with E-state index in [9.17, 15) is 0 Å². The van der Waals surface area contributed by atoms with Crippen molar-refractivity contribution in [2.75, 3.05) is 0 Å². The minimum absolute atomic E-state index is 0.682. The Morgan fingerprint density at radius 2 is 0.681 bits per heavy atom. The van der Waals surface area contributed by atoms with E-state index in [1.54, 1.807) is 0 Å². The van der Waals surface area contributed by atoms with E-state index >= 15 is 0 Å². The molecule has 69 heavy (non-hydrogen) atoms. The molecule has 0 unspecified atom stereocenters. The second kappa shape index (κ2) is 14.6. The molecule has 11 aromatic carbocycles. The summed E-state index contributed by atoms with van der Waals surface area (Å²) in [6, 6.07) is 85.7. The van der Waals surface area contributed by atoms with Crippen LogP contribution in [0.2, 0.25) is 0 Å². The van der Waals surface area contributed by atoms with E-state index in [1.165, 1.54) is 59.8 Å². The van der Waals surface area contributed by atoms with E-state index in [0.29, 0.717) is 5.82 Å².